The van der Waals surface area contributed by atoms with E-state index < -0.39 is 117 Å². The van der Waals surface area contributed by atoms with E-state index in [0.29, 0.717) is 96.3 Å². The van der Waals surface area contributed by atoms with Crippen molar-refractivity contribution in [1.29, 1.82) is 0 Å². The number of aliphatic hydroxyl groups excluding tert-OH is 9. The molecule has 0 amide bonds. The van der Waals surface area contributed by atoms with Crippen LogP contribution >= 0.6 is 0 Å². The van der Waals surface area contributed by atoms with Gasteiger partial charge < -0.3 is 74.4 Å². The second-order valence-corrected chi connectivity index (χ2v) is 19.4. The number of Topliss-reactive ketones (excluding diaryl/α,β-unsaturated/α-hetero) is 3. The normalized spacial score (nSPS) is 34.1. The smallest absolute Gasteiger partial charge is 0.163 e. The fourth-order valence-corrected chi connectivity index (χ4v) is 9.24. The number of carbonyl (C=O) groups excluding carboxylic acids is 3. The van der Waals surface area contributed by atoms with Crippen molar-refractivity contribution in [3.8, 4) is 0 Å². The fraction of sp³-hybridized carbons (Fsp3) is 0.936. The van der Waals surface area contributed by atoms with Crippen LogP contribution in [0.4, 0.5) is 0 Å². The van der Waals surface area contributed by atoms with Gasteiger partial charge in [-0.2, -0.15) is 0 Å². The number of ether oxygens (including phenoxy) is 6. The van der Waals surface area contributed by atoms with Gasteiger partial charge in [0.05, 0.1) is 38.1 Å². The Kier molecular flexibility index (Phi) is 26.1. The van der Waals surface area contributed by atoms with E-state index in [9.17, 15) is 60.3 Å². The lowest BCUT2D eigenvalue weighted by Crippen LogP contribution is -2.55. The molecule has 15 atom stereocenters. The Morgan fingerprint density at radius 3 is 0.985 bits per heavy atom. The van der Waals surface area contributed by atoms with Gasteiger partial charge in [-0.15, -0.1) is 0 Å². The van der Waals surface area contributed by atoms with Crippen LogP contribution in [-0.4, -0.2) is 177 Å². The average Bonchev–Trinajstić information content (AvgIpc) is 3.28. The summed E-state index contributed by atoms with van der Waals surface area (Å²) < 4.78 is 34.3. The zero-order valence-corrected chi connectivity index (χ0v) is 39.5. The van der Waals surface area contributed by atoms with E-state index >= 15 is 0 Å². The molecule has 0 radical (unpaired) electrons. The summed E-state index contributed by atoms with van der Waals surface area (Å²) in [4.78, 5) is 40.0. The molecule has 0 aromatic rings. The molecule has 0 spiro atoms. The van der Waals surface area contributed by atoms with Crippen molar-refractivity contribution in [3.05, 3.63) is 0 Å². The lowest BCUT2D eigenvalue weighted by Gasteiger charge is -2.40. The number of aliphatic hydroxyl groups is 9. The van der Waals surface area contributed by atoms with Crippen LogP contribution in [0.3, 0.4) is 0 Å². The Morgan fingerprint density at radius 1 is 0.462 bits per heavy atom. The molecule has 3 fully saturated rings. The highest BCUT2D eigenvalue weighted by molar-refractivity contribution is 5.79. The minimum Gasteiger partial charge on any atom is -0.394 e. The summed E-state index contributed by atoms with van der Waals surface area (Å²) in [6.07, 6.45) is -4.72. The third-order valence-corrected chi connectivity index (χ3v) is 13.6. The molecule has 18 heteroatoms. The molecule has 0 aromatic heterocycles. The number of hydrogen-bond donors (Lipinski definition) is 9. The first-order valence-electron chi connectivity index (χ1n) is 24.2. The van der Waals surface area contributed by atoms with Crippen molar-refractivity contribution in [3.63, 3.8) is 0 Å². The van der Waals surface area contributed by atoms with Crippen LogP contribution in [0, 0.1) is 29.1 Å². The monoisotopic (exact) mass is 937 g/mol. The minimum atomic E-state index is -1.21. The molecule has 3 aliphatic heterocycles. The van der Waals surface area contributed by atoms with E-state index in [-0.39, 0.29) is 43.1 Å². The molecule has 65 heavy (non-hydrogen) atoms. The van der Waals surface area contributed by atoms with Gasteiger partial charge in [0.25, 0.3) is 0 Å². The van der Waals surface area contributed by atoms with Crippen molar-refractivity contribution < 1.29 is 88.8 Å². The summed E-state index contributed by atoms with van der Waals surface area (Å²) >= 11 is 0. The zero-order chi connectivity index (χ0) is 48.3. The molecule has 6 unspecified atom stereocenters. The van der Waals surface area contributed by atoms with Crippen LogP contribution in [0.25, 0.3) is 0 Å². The van der Waals surface area contributed by atoms with Crippen molar-refractivity contribution in [2.75, 3.05) is 39.6 Å². The number of unbranched alkanes of at least 4 members (excludes halogenated alkanes) is 3. The molecule has 0 bridgehead atoms. The number of rotatable bonds is 32. The van der Waals surface area contributed by atoms with Crippen LogP contribution < -0.4 is 0 Å². The number of carbonyl (C=O) groups is 3. The molecule has 0 aromatic carbocycles. The predicted molar refractivity (Wildman–Crippen MR) is 235 cm³/mol. The maximum Gasteiger partial charge on any atom is 0.163 e. The first kappa shape index (κ1) is 57.7. The quantitative estimate of drug-likeness (QED) is 0.0435. The van der Waals surface area contributed by atoms with Crippen LogP contribution in [0.5, 0.6) is 0 Å². The zero-order valence-electron chi connectivity index (χ0n) is 39.5. The molecule has 3 saturated heterocycles. The third-order valence-electron chi connectivity index (χ3n) is 13.6. The molecule has 0 aliphatic carbocycles. The summed E-state index contributed by atoms with van der Waals surface area (Å²) in [5.74, 6) is -1.08. The minimum absolute atomic E-state index is 0.0733. The number of ketones is 3. The van der Waals surface area contributed by atoms with Crippen LogP contribution in [0.1, 0.15) is 137 Å². The van der Waals surface area contributed by atoms with Crippen molar-refractivity contribution in [2.45, 2.75) is 211 Å². The first-order chi connectivity index (χ1) is 30.9. The Balaban J connectivity index is 1.52. The fourth-order valence-electron chi connectivity index (χ4n) is 9.24. The summed E-state index contributed by atoms with van der Waals surface area (Å²) in [6.45, 7) is 8.68. The van der Waals surface area contributed by atoms with Crippen LogP contribution in [0.15, 0.2) is 0 Å². The maximum absolute atomic E-state index is 13.3. The largest absolute Gasteiger partial charge is 0.394 e. The molecule has 3 heterocycles. The van der Waals surface area contributed by atoms with Gasteiger partial charge in [-0.25, -0.2) is 0 Å². The molecule has 18 nitrogen and oxygen atoms in total. The van der Waals surface area contributed by atoms with E-state index in [1.165, 1.54) is 0 Å². The van der Waals surface area contributed by atoms with E-state index in [4.69, 9.17) is 28.4 Å². The lowest BCUT2D eigenvalue weighted by atomic mass is 9.69. The maximum atomic E-state index is 13.3. The molecule has 9 N–H and O–H groups in total. The molecular weight excluding hydrogens is 852 g/mol. The van der Waals surface area contributed by atoms with Gasteiger partial charge in [0.2, 0.25) is 0 Å². The van der Waals surface area contributed by atoms with Gasteiger partial charge in [0, 0.05) is 76.1 Å². The Bertz CT molecular complexity index is 1210. The van der Waals surface area contributed by atoms with Gasteiger partial charge in [-0.05, 0) is 75.5 Å². The van der Waals surface area contributed by atoms with E-state index in [1.807, 2.05) is 0 Å². The Hall–Kier alpha value is -1.59. The highest BCUT2D eigenvalue weighted by Gasteiger charge is 2.44. The van der Waals surface area contributed by atoms with Gasteiger partial charge in [-0.3, -0.25) is 14.4 Å². The second-order valence-electron chi connectivity index (χ2n) is 19.4. The van der Waals surface area contributed by atoms with Crippen LogP contribution in [0.2, 0.25) is 0 Å². The molecule has 3 aliphatic rings. The molecule has 0 saturated carbocycles. The molecular formula is C47H84O18. The Morgan fingerprint density at radius 2 is 0.738 bits per heavy atom. The Labute approximate surface area is 385 Å². The lowest BCUT2D eigenvalue weighted by molar-refractivity contribution is -0.282. The van der Waals surface area contributed by atoms with E-state index in [0.717, 1.165) is 6.42 Å². The number of hydrogen-bond acceptors (Lipinski definition) is 18. The van der Waals surface area contributed by atoms with Crippen molar-refractivity contribution >= 4 is 17.3 Å². The standard InChI is InChI=1S/C47H84O18/c1-28(2)24-47(18-15-32(51)12-6-9-21-60-44-29(3)38(54)41(57)35(25-48)63-44,19-16-33(52)13-7-10-22-61-45-30(4)39(55)42(58)36(26-49)64-45)20-17-34(53)14-8-11-23-62-46-31(5)40(56)43(59)37(27-50)65-46/h28-31,35-46,48-50,54-59H,6-27H2,1-5H3/t29-,30-,31-,35?,36?,37?,38?,39?,40?,41-,42-,43-,44+,45+,46+,47?/m0/s1. The third kappa shape index (κ3) is 18.3. The highest BCUT2D eigenvalue weighted by atomic mass is 16.7. The van der Waals surface area contributed by atoms with Gasteiger partial charge >= 0.3 is 0 Å². The van der Waals surface area contributed by atoms with Crippen LogP contribution in [-0.2, 0) is 42.8 Å². The van der Waals surface area contributed by atoms with E-state index in [2.05, 4.69) is 13.8 Å². The topological polar surface area (TPSA) is 289 Å². The van der Waals surface area contributed by atoms with Crippen molar-refractivity contribution in [2.24, 2.45) is 29.1 Å². The summed E-state index contributed by atoms with van der Waals surface area (Å²) in [5.41, 5.74) is -0.431. The van der Waals surface area contributed by atoms with Crippen molar-refractivity contribution in [1.82, 2.24) is 0 Å². The SMILES string of the molecule is CC(C)CC(CCC(=O)CCCCO[C@@H]1OC(CO)[C@H](O)C(O)[C@@H]1C)(CCC(=O)CCCCO[C@@H]1OC(CO)[C@H](O)C(O)[C@@H]1C)CCC(=O)CCCCO[C@@H]1OC(CO)[C@H](O)C(O)[C@@H]1C. The predicted octanol–water partition coefficient (Wildman–Crippen LogP) is 1.85. The van der Waals surface area contributed by atoms with E-state index in [1.54, 1.807) is 20.8 Å². The average molecular weight is 937 g/mol. The first-order valence-corrected chi connectivity index (χ1v) is 24.2. The second kappa shape index (κ2) is 29.4. The molecule has 380 valence electrons. The van der Waals surface area contributed by atoms with Gasteiger partial charge in [-0.1, -0.05) is 34.6 Å². The summed E-state index contributed by atoms with van der Waals surface area (Å²) in [7, 11) is 0. The summed E-state index contributed by atoms with van der Waals surface area (Å²) in [6, 6.07) is 0. The highest BCUT2D eigenvalue weighted by Crippen LogP contribution is 2.42. The van der Waals surface area contributed by atoms with Gasteiger partial charge in [0.1, 0.15) is 54.0 Å². The summed E-state index contributed by atoms with van der Waals surface area (Å²) in [5, 5.41) is 89.8. The molecule has 3 rings (SSSR count). The van der Waals surface area contributed by atoms with Gasteiger partial charge in [0.15, 0.2) is 18.9 Å².